The van der Waals surface area contributed by atoms with Crippen LogP contribution in [0.25, 0.3) is 11.0 Å². The van der Waals surface area contributed by atoms with Gasteiger partial charge in [0.2, 0.25) is 11.2 Å². The van der Waals surface area contributed by atoms with Gasteiger partial charge in [-0.2, -0.15) is 0 Å². The Kier molecular flexibility index (Phi) is 6.09. The smallest absolute Gasteiger partial charge is 0.343 e. The van der Waals surface area contributed by atoms with Crippen LogP contribution in [0.1, 0.15) is 50.5 Å². The molecule has 0 unspecified atom stereocenters. The molecule has 0 fully saturated rings. The van der Waals surface area contributed by atoms with Crippen LogP contribution in [0, 0.1) is 12.8 Å². The summed E-state index contributed by atoms with van der Waals surface area (Å²) in [6.45, 7) is 6.07. The number of hydrogen-bond acceptors (Lipinski definition) is 7. The van der Waals surface area contributed by atoms with Gasteiger partial charge >= 0.3 is 5.97 Å². The largest absolute Gasteiger partial charge is 0.460 e. The predicted octanol–water partition coefficient (Wildman–Crippen LogP) is 5.36. The normalized spacial score (nSPS) is 12.8. The van der Waals surface area contributed by atoms with Crippen molar-refractivity contribution in [2.45, 2.75) is 20.8 Å². The molecular weight excluding hydrogens is 474 g/mol. The Balaban J connectivity index is 1.35. The molecule has 2 heterocycles. The Labute approximate surface area is 212 Å². The van der Waals surface area contributed by atoms with Gasteiger partial charge in [0.25, 0.3) is 11.8 Å². The van der Waals surface area contributed by atoms with Crippen molar-refractivity contribution in [2.75, 3.05) is 6.54 Å². The number of rotatable bonds is 6. The monoisotopic (exact) mass is 497 g/mol. The van der Waals surface area contributed by atoms with Gasteiger partial charge in [0, 0.05) is 12.6 Å². The molecular formula is C29H23NO7. The number of ether oxygens (including phenoxy) is 2. The van der Waals surface area contributed by atoms with Crippen molar-refractivity contribution in [1.82, 2.24) is 4.90 Å². The summed E-state index contributed by atoms with van der Waals surface area (Å²) >= 11 is 0. The molecule has 8 heteroatoms. The maximum absolute atomic E-state index is 12.9. The summed E-state index contributed by atoms with van der Waals surface area (Å²) in [4.78, 5) is 52.1. The molecule has 0 N–H and O–H groups in total. The van der Waals surface area contributed by atoms with Gasteiger partial charge in [0.1, 0.15) is 23.3 Å². The fraction of sp³-hybridized carbons (Fsp3) is 0.172. The lowest BCUT2D eigenvalue weighted by atomic mass is 10.1. The molecule has 4 aromatic rings. The van der Waals surface area contributed by atoms with E-state index in [0.717, 1.165) is 5.56 Å². The molecule has 2 amide bonds. The summed E-state index contributed by atoms with van der Waals surface area (Å²) in [6.07, 6.45) is 1.21. The van der Waals surface area contributed by atoms with Crippen molar-refractivity contribution in [3.8, 4) is 17.2 Å². The van der Waals surface area contributed by atoms with Crippen LogP contribution in [0.2, 0.25) is 0 Å². The molecule has 0 bridgehead atoms. The van der Waals surface area contributed by atoms with E-state index in [0.29, 0.717) is 12.3 Å². The Morgan fingerprint density at radius 2 is 1.59 bits per heavy atom. The zero-order valence-corrected chi connectivity index (χ0v) is 20.4. The minimum atomic E-state index is -0.716. The van der Waals surface area contributed by atoms with Gasteiger partial charge in [0.15, 0.2) is 0 Å². The molecule has 5 rings (SSSR count). The number of nitrogens with zero attached hydrogens (tertiary/aromatic N) is 1. The highest BCUT2D eigenvalue weighted by Gasteiger charge is 2.36. The van der Waals surface area contributed by atoms with Gasteiger partial charge in [-0.3, -0.25) is 19.3 Å². The Bertz CT molecular complexity index is 1620. The molecule has 0 aliphatic carbocycles. The van der Waals surface area contributed by atoms with Crippen molar-refractivity contribution in [1.29, 1.82) is 0 Å². The van der Waals surface area contributed by atoms with Gasteiger partial charge in [-0.15, -0.1) is 0 Å². The molecule has 1 aromatic heterocycles. The first kappa shape index (κ1) is 24.0. The molecule has 3 aromatic carbocycles. The first-order valence-electron chi connectivity index (χ1n) is 11.7. The van der Waals surface area contributed by atoms with E-state index in [2.05, 4.69) is 0 Å². The number of esters is 1. The zero-order chi connectivity index (χ0) is 26.3. The van der Waals surface area contributed by atoms with Crippen LogP contribution >= 0.6 is 0 Å². The number of aryl methyl sites for hydroxylation is 1. The first-order valence-corrected chi connectivity index (χ1v) is 11.7. The summed E-state index contributed by atoms with van der Waals surface area (Å²) in [5.41, 5.74) is 1.46. The predicted molar refractivity (Wildman–Crippen MR) is 135 cm³/mol. The topological polar surface area (TPSA) is 103 Å². The summed E-state index contributed by atoms with van der Waals surface area (Å²) in [5, 5.41) is 0.260. The second kappa shape index (κ2) is 9.39. The number of imide groups is 1. The number of benzene rings is 3. The van der Waals surface area contributed by atoms with Gasteiger partial charge in [-0.1, -0.05) is 31.5 Å². The fourth-order valence-electron chi connectivity index (χ4n) is 4.07. The van der Waals surface area contributed by atoms with E-state index in [1.165, 1.54) is 47.6 Å². The number of fused-ring (bicyclic) bond motifs is 2. The van der Waals surface area contributed by atoms with Crippen molar-refractivity contribution < 1.29 is 28.3 Å². The van der Waals surface area contributed by atoms with Crippen LogP contribution in [0.3, 0.4) is 0 Å². The van der Waals surface area contributed by atoms with E-state index in [4.69, 9.17) is 13.9 Å². The lowest BCUT2D eigenvalue weighted by Gasteiger charge is -2.15. The number of carbonyl (C=O) groups excluding carboxylic acids is 3. The SMILES string of the molecule is Cc1ccc(Oc2coc3cc(OC(=O)c4ccc5c(c4)C(=O)N(CC(C)C)C5=O)ccc3c2=O)cc1. The highest BCUT2D eigenvalue weighted by atomic mass is 16.5. The molecule has 0 spiro atoms. The second-order valence-corrected chi connectivity index (χ2v) is 9.27. The van der Waals surface area contributed by atoms with Gasteiger partial charge in [-0.05, 0) is 55.3 Å². The van der Waals surface area contributed by atoms with E-state index < -0.39 is 11.9 Å². The summed E-state index contributed by atoms with van der Waals surface area (Å²) < 4.78 is 16.7. The maximum Gasteiger partial charge on any atom is 0.343 e. The van der Waals surface area contributed by atoms with E-state index in [9.17, 15) is 19.2 Å². The third-order valence-corrected chi connectivity index (χ3v) is 5.93. The van der Waals surface area contributed by atoms with Crippen LogP contribution < -0.4 is 14.9 Å². The minimum absolute atomic E-state index is 0.0324. The lowest BCUT2D eigenvalue weighted by Crippen LogP contribution is -2.33. The van der Waals surface area contributed by atoms with Crippen molar-refractivity contribution in [3.05, 3.63) is 99.4 Å². The summed E-state index contributed by atoms with van der Waals surface area (Å²) in [7, 11) is 0. The third-order valence-electron chi connectivity index (χ3n) is 5.93. The Hall–Kier alpha value is -4.72. The van der Waals surface area contributed by atoms with Crippen molar-refractivity contribution >= 4 is 28.8 Å². The Morgan fingerprint density at radius 1 is 0.892 bits per heavy atom. The first-order chi connectivity index (χ1) is 17.7. The van der Waals surface area contributed by atoms with Crippen LogP contribution in [0.4, 0.5) is 0 Å². The number of carbonyl (C=O) groups is 3. The fourth-order valence-corrected chi connectivity index (χ4v) is 4.07. The second-order valence-electron chi connectivity index (χ2n) is 9.27. The molecule has 0 radical (unpaired) electrons. The summed E-state index contributed by atoms with van der Waals surface area (Å²) in [6, 6.07) is 15.9. The number of amides is 2. The average molecular weight is 498 g/mol. The van der Waals surface area contributed by atoms with Crippen molar-refractivity contribution in [2.24, 2.45) is 5.92 Å². The molecule has 0 saturated carbocycles. The minimum Gasteiger partial charge on any atom is -0.460 e. The van der Waals surface area contributed by atoms with E-state index >= 15 is 0 Å². The zero-order valence-electron chi connectivity index (χ0n) is 20.4. The highest BCUT2D eigenvalue weighted by molar-refractivity contribution is 6.22. The standard InChI is InChI=1S/C29H23NO7/c1-16(2)14-30-27(32)21-10-6-18(12-23(21)28(30)33)29(34)37-20-9-11-22-24(13-20)35-15-25(26(22)31)36-19-7-4-17(3)5-8-19/h4-13,15-16H,14H2,1-3H3. The van der Waals surface area contributed by atoms with Gasteiger partial charge in [0.05, 0.1) is 22.1 Å². The maximum atomic E-state index is 12.9. The van der Waals surface area contributed by atoms with Crippen LogP contribution in [0.5, 0.6) is 17.2 Å². The summed E-state index contributed by atoms with van der Waals surface area (Å²) in [5.74, 6) is -0.716. The molecule has 0 atom stereocenters. The average Bonchev–Trinajstić information content (AvgIpc) is 3.11. The van der Waals surface area contributed by atoms with Crippen LogP contribution in [-0.4, -0.2) is 29.2 Å². The third kappa shape index (κ3) is 4.61. The quantitative estimate of drug-likeness (QED) is 0.201. The van der Waals surface area contributed by atoms with Crippen molar-refractivity contribution in [3.63, 3.8) is 0 Å². The van der Waals surface area contributed by atoms with Crippen LogP contribution in [0.15, 0.2) is 76.1 Å². The van der Waals surface area contributed by atoms with E-state index in [-0.39, 0.29) is 56.4 Å². The molecule has 37 heavy (non-hydrogen) atoms. The highest BCUT2D eigenvalue weighted by Crippen LogP contribution is 2.27. The Morgan fingerprint density at radius 3 is 2.32 bits per heavy atom. The van der Waals surface area contributed by atoms with Gasteiger partial charge < -0.3 is 13.9 Å². The lowest BCUT2D eigenvalue weighted by molar-refractivity contribution is 0.0635. The molecule has 0 saturated heterocycles. The molecule has 186 valence electrons. The number of hydrogen-bond donors (Lipinski definition) is 0. The molecule has 1 aliphatic rings. The molecule has 8 nitrogen and oxygen atoms in total. The molecule has 1 aliphatic heterocycles. The van der Waals surface area contributed by atoms with Gasteiger partial charge in [-0.25, -0.2) is 4.79 Å². The van der Waals surface area contributed by atoms with E-state index in [1.54, 1.807) is 12.1 Å². The van der Waals surface area contributed by atoms with E-state index in [1.807, 2.05) is 32.9 Å². The van der Waals surface area contributed by atoms with Crippen LogP contribution in [-0.2, 0) is 0 Å².